The second-order valence-electron chi connectivity index (χ2n) is 4.04. The lowest BCUT2D eigenvalue weighted by molar-refractivity contribution is 0.445. The molecule has 0 radical (unpaired) electrons. The number of aryl methyl sites for hydroxylation is 1. The first-order chi connectivity index (χ1) is 8.58. The van der Waals surface area contributed by atoms with Crippen LogP contribution in [0.25, 0.3) is 0 Å². The number of nitrogens with one attached hydrogen (secondary N) is 1. The van der Waals surface area contributed by atoms with Crippen LogP contribution in [0.4, 0.5) is 18.9 Å². The number of rotatable bonds is 3. The molecule has 0 fully saturated rings. The molecule has 18 heavy (non-hydrogen) atoms. The summed E-state index contributed by atoms with van der Waals surface area (Å²) in [6.45, 7) is 2.16. The molecule has 0 saturated carbocycles. The Hall–Kier alpha value is -1.97. The van der Waals surface area contributed by atoms with Crippen molar-refractivity contribution in [1.29, 1.82) is 0 Å². The summed E-state index contributed by atoms with van der Waals surface area (Å²) in [4.78, 5) is 0. The second-order valence-corrected chi connectivity index (χ2v) is 4.04. The number of benzene rings is 2. The summed E-state index contributed by atoms with van der Waals surface area (Å²) in [5.74, 6) is -3.78. The lowest BCUT2D eigenvalue weighted by Gasteiger charge is -2.09. The Morgan fingerprint density at radius 3 is 2.22 bits per heavy atom. The van der Waals surface area contributed by atoms with E-state index in [1.165, 1.54) is 0 Å². The number of anilines is 1. The first-order valence-electron chi connectivity index (χ1n) is 5.51. The van der Waals surface area contributed by atoms with Crippen molar-refractivity contribution in [2.24, 2.45) is 0 Å². The fraction of sp³-hybridized carbons (Fsp3) is 0.143. The molecule has 4 heteroatoms. The molecule has 0 amide bonds. The van der Waals surface area contributed by atoms with Crippen LogP contribution in [0.1, 0.15) is 11.1 Å². The van der Waals surface area contributed by atoms with Gasteiger partial charge in [-0.2, -0.15) is 0 Å². The van der Waals surface area contributed by atoms with E-state index in [1.807, 2.05) is 31.2 Å². The SMILES string of the molecule is Cc1ccccc1NCc1cc(F)c(F)c(F)c1. The van der Waals surface area contributed by atoms with Gasteiger partial charge >= 0.3 is 0 Å². The molecular formula is C14H12F3N. The van der Waals surface area contributed by atoms with Crippen LogP contribution < -0.4 is 5.32 Å². The average Bonchev–Trinajstić information content (AvgIpc) is 2.35. The standard InChI is InChI=1S/C14H12F3N/c1-9-4-2-3-5-13(9)18-8-10-6-11(15)14(17)12(16)7-10/h2-7,18H,8H2,1H3. The first kappa shape index (κ1) is 12.5. The number of hydrogen-bond acceptors (Lipinski definition) is 1. The molecule has 94 valence electrons. The number of halogens is 3. The lowest BCUT2D eigenvalue weighted by atomic mass is 10.1. The van der Waals surface area contributed by atoms with E-state index < -0.39 is 17.5 Å². The van der Waals surface area contributed by atoms with E-state index >= 15 is 0 Å². The van der Waals surface area contributed by atoms with Crippen molar-refractivity contribution in [3.63, 3.8) is 0 Å². The van der Waals surface area contributed by atoms with Crippen molar-refractivity contribution in [1.82, 2.24) is 0 Å². The molecule has 2 aromatic carbocycles. The van der Waals surface area contributed by atoms with Gasteiger partial charge in [-0.15, -0.1) is 0 Å². The van der Waals surface area contributed by atoms with E-state index in [1.54, 1.807) is 0 Å². The third kappa shape index (κ3) is 2.64. The zero-order valence-corrected chi connectivity index (χ0v) is 9.81. The van der Waals surface area contributed by atoms with Crippen LogP contribution in [0.15, 0.2) is 36.4 Å². The predicted octanol–water partition coefficient (Wildman–Crippen LogP) is 4.02. The molecule has 2 aromatic rings. The molecule has 0 atom stereocenters. The van der Waals surface area contributed by atoms with E-state index in [0.717, 1.165) is 23.4 Å². The molecule has 0 aliphatic rings. The fourth-order valence-electron chi connectivity index (χ4n) is 1.68. The van der Waals surface area contributed by atoms with Gasteiger partial charge in [0.25, 0.3) is 0 Å². The number of hydrogen-bond donors (Lipinski definition) is 1. The monoisotopic (exact) mass is 251 g/mol. The Kier molecular flexibility index (Phi) is 3.55. The molecule has 0 bridgehead atoms. The number of para-hydroxylation sites is 1. The van der Waals surface area contributed by atoms with Crippen molar-refractivity contribution < 1.29 is 13.2 Å². The molecule has 0 saturated heterocycles. The van der Waals surface area contributed by atoms with E-state index in [2.05, 4.69) is 5.32 Å². The van der Waals surface area contributed by atoms with Crippen LogP contribution in [0, 0.1) is 24.4 Å². The van der Waals surface area contributed by atoms with Gasteiger partial charge in [-0.05, 0) is 36.2 Å². The highest BCUT2D eigenvalue weighted by Crippen LogP contribution is 2.17. The third-order valence-electron chi connectivity index (χ3n) is 2.67. The van der Waals surface area contributed by atoms with Crippen LogP contribution in [0.2, 0.25) is 0 Å². The normalized spacial score (nSPS) is 10.4. The summed E-state index contributed by atoms with van der Waals surface area (Å²) in [6, 6.07) is 9.53. The van der Waals surface area contributed by atoms with Gasteiger partial charge in [0.2, 0.25) is 0 Å². The highest BCUT2D eigenvalue weighted by molar-refractivity contribution is 5.50. The van der Waals surface area contributed by atoms with Crippen LogP contribution in [-0.4, -0.2) is 0 Å². The predicted molar refractivity (Wildman–Crippen MR) is 64.8 cm³/mol. The highest BCUT2D eigenvalue weighted by atomic mass is 19.2. The quantitative estimate of drug-likeness (QED) is 0.812. The second kappa shape index (κ2) is 5.12. The maximum atomic E-state index is 13.0. The lowest BCUT2D eigenvalue weighted by Crippen LogP contribution is -2.03. The molecule has 0 aromatic heterocycles. The van der Waals surface area contributed by atoms with Gasteiger partial charge in [0.1, 0.15) is 0 Å². The van der Waals surface area contributed by atoms with Gasteiger partial charge in [0, 0.05) is 12.2 Å². The summed E-state index contributed by atoms with van der Waals surface area (Å²) in [7, 11) is 0. The van der Waals surface area contributed by atoms with E-state index in [0.29, 0.717) is 5.56 Å². The minimum Gasteiger partial charge on any atom is -0.381 e. The van der Waals surface area contributed by atoms with Crippen molar-refractivity contribution in [2.45, 2.75) is 13.5 Å². The molecule has 0 spiro atoms. The zero-order chi connectivity index (χ0) is 13.1. The Balaban J connectivity index is 2.14. The van der Waals surface area contributed by atoms with Crippen molar-refractivity contribution in [2.75, 3.05) is 5.32 Å². The van der Waals surface area contributed by atoms with Gasteiger partial charge in [-0.25, -0.2) is 13.2 Å². The van der Waals surface area contributed by atoms with Crippen molar-refractivity contribution in [3.8, 4) is 0 Å². The smallest absolute Gasteiger partial charge is 0.194 e. The Morgan fingerprint density at radius 1 is 1.00 bits per heavy atom. The zero-order valence-electron chi connectivity index (χ0n) is 9.81. The summed E-state index contributed by atoms with van der Waals surface area (Å²) in [5, 5.41) is 3.05. The molecule has 0 aliphatic heterocycles. The summed E-state index contributed by atoms with van der Waals surface area (Å²) >= 11 is 0. The molecule has 0 heterocycles. The maximum Gasteiger partial charge on any atom is 0.194 e. The fourth-order valence-corrected chi connectivity index (χ4v) is 1.68. The van der Waals surface area contributed by atoms with Crippen LogP contribution >= 0.6 is 0 Å². The van der Waals surface area contributed by atoms with E-state index in [4.69, 9.17) is 0 Å². The van der Waals surface area contributed by atoms with Gasteiger partial charge in [0.05, 0.1) is 0 Å². The van der Waals surface area contributed by atoms with Gasteiger partial charge in [-0.3, -0.25) is 0 Å². The minimum atomic E-state index is -1.44. The first-order valence-corrected chi connectivity index (χ1v) is 5.51. The van der Waals surface area contributed by atoms with Crippen LogP contribution in [0.3, 0.4) is 0 Å². The average molecular weight is 251 g/mol. The molecule has 0 unspecified atom stereocenters. The van der Waals surface area contributed by atoms with Crippen LogP contribution in [-0.2, 0) is 6.54 Å². The van der Waals surface area contributed by atoms with Crippen molar-refractivity contribution in [3.05, 3.63) is 65.0 Å². The summed E-state index contributed by atoms with van der Waals surface area (Å²) in [6.07, 6.45) is 0. The molecule has 0 aliphatic carbocycles. The van der Waals surface area contributed by atoms with E-state index in [-0.39, 0.29) is 6.54 Å². The van der Waals surface area contributed by atoms with Crippen LogP contribution in [0.5, 0.6) is 0 Å². The Morgan fingerprint density at radius 2 is 1.61 bits per heavy atom. The third-order valence-corrected chi connectivity index (χ3v) is 2.67. The Bertz CT molecular complexity index is 544. The van der Waals surface area contributed by atoms with Gasteiger partial charge in [0.15, 0.2) is 17.5 Å². The molecule has 1 N–H and O–H groups in total. The highest BCUT2D eigenvalue weighted by Gasteiger charge is 2.10. The molecule has 2 rings (SSSR count). The molecular weight excluding hydrogens is 239 g/mol. The van der Waals surface area contributed by atoms with Gasteiger partial charge in [-0.1, -0.05) is 18.2 Å². The maximum absolute atomic E-state index is 13.0. The van der Waals surface area contributed by atoms with E-state index in [9.17, 15) is 13.2 Å². The van der Waals surface area contributed by atoms with Crippen molar-refractivity contribution >= 4 is 5.69 Å². The molecule has 1 nitrogen and oxygen atoms in total. The minimum absolute atomic E-state index is 0.235. The summed E-state index contributed by atoms with van der Waals surface area (Å²) < 4.78 is 38.8. The summed E-state index contributed by atoms with van der Waals surface area (Å²) in [5.41, 5.74) is 2.26. The topological polar surface area (TPSA) is 12.0 Å². The largest absolute Gasteiger partial charge is 0.381 e. The Labute approximate surface area is 103 Å². The van der Waals surface area contributed by atoms with Gasteiger partial charge < -0.3 is 5.32 Å².